The molecule has 0 bridgehead atoms. The lowest BCUT2D eigenvalue weighted by Crippen LogP contribution is -2.44. The van der Waals surface area contributed by atoms with Crippen molar-refractivity contribution in [2.45, 2.75) is 45.8 Å². The fraction of sp³-hybridized carbons (Fsp3) is 0.538. The zero-order valence-electron chi connectivity index (χ0n) is 10.8. The topological polar surface area (TPSA) is 40.5 Å². The van der Waals surface area contributed by atoms with Crippen LogP contribution in [0.2, 0.25) is 0 Å². The van der Waals surface area contributed by atoms with Crippen molar-refractivity contribution in [3.8, 4) is 0 Å². The van der Waals surface area contributed by atoms with Crippen LogP contribution in [0, 0.1) is 6.92 Å². The molecule has 0 aliphatic carbocycles. The molecule has 1 aromatic rings. The Bertz CT molecular complexity index is 288. The van der Waals surface area contributed by atoms with Gasteiger partial charge in [-0.2, -0.15) is 0 Å². The molecule has 2 nitrogen and oxygen atoms in total. The highest BCUT2D eigenvalue weighted by molar-refractivity contribution is 6.33. The van der Waals surface area contributed by atoms with Crippen molar-refractivity contribution in [1.29, 1.82) is 0 Å². The molecule has 1 aromatic carbocycles. The van der Waals surface area contributed by atoms with Gasteiger partial charge in [-0.25, -0.2) is 0 Å². The Hall–Kier alpha value is -0.795. The van der Waals surface area contributed by atoms with Crippen molar-refractivity contribution >= 4 is 13.3 Å². The van der Waals surface area contributed by atoms with Crippen LogP contribution in [-0.4, -0.2) is 29.3 Å². The van der Waals surface area contributed by atoms with Crippen LogP contribution in [0.4, 0.5) is 0 Å². The van der Waals surface area contributed by atoms with Crippen LogP contribution in [0.15, 0.2) is 24.3 Å². The molecule has 0 amide bonds. The standard InChI is InChI=1S/C7H7B.C6H14O2/c1-6-4-2-3-5-7(6)8;1-5(2,7)6(3,4)8/h2-5H,1H3;7-8H,1-4H3. The van der Waals surface area contributed by atoms with Crippen LogP contribution in [-0.2, 0) is 0 Å². The Morgan fingerprint density at radius 3 is 1.50 bits per heavy atom. The molecular formula is C13H21BO2. The van der Waals surface area contributed by atoms with Gasteiger partial charge in [-0.1, -0.05) is 35.3 Å². The zero-order valence-corrected chi connectivity index (χ0v) is 10.8. The molecule has 0 aliphatic rings. The smallest absolute Gasteiger partial charge is 0.114 e. The van der Waals surface area contributed by atoms with Gasteiger partial charge in [0.25, 0.3) is 0 Å². The minimum Gasteiger partial charge on any atom is -0.387 e. The maximum absolute atomic E-state index is 9.10. The third kappa shape index (κ3) is 5.33. The van der Waals surface area contributed by atoms with Crippen molar-refractivity contribution in [3.05, 3.63) is 29.8 Å². The van der Waals surface area contributed by atoms with Crippen molar-refractivity contribution < 1.29 is 10.2 Å². The van der Waals surface area contributed by atoms with E-state index in [9.17, 15) is 0 Å². The first-order valence-electron chi connectivity index (χ1n) is 5.31. The molecule has 0 spiro atoms. The van der Waals surface area contributed by atoms with E-state index in [-0.39, 0.29) is 0 Å². The highest BCUT2D eigenvalue weighted by Crippen LogP contribution is 2.19. The monoisotopic (exact) mass is 220 g/mol. The molecular weight excluding hydrogens is 199 g/mol. The minimum absolute atomic E-state index is 0.868. The Morgan fingerprint density at radius 1 is 0.938 bits per heavy atom. The van der Waals surface area contributed by atoms with Crippen LogP contribution in [0.5, 0.6) is 0 Å². The second-order valence-electron chi connectivity index (χ2n) is 4.97. The number of benzene rings is 1. The van der Waals surface area contributed by atoms with Crippen LogP contribution in [0.25, 0.3) is 0 Å². The lowest BCUT2D eigenvalue weighted by Gasteiger charge is -2.31. The van der Waals surface area contributed by atoms with Crippen LogP contribution >= 0.6 is 0 Å². The molecule has 88 valence electrons. The second kappa shape index (κ2) is 5.51. The van der Waals surface area contributed by atoms with Crippen LogP contribution in [0.1, 0.15) is 33.3 Å². The van der Waals surface area contributed by atoms with E-state index in [1.165, 1.54) is 0 Å². The molecule has 0 fully saturated rings. The summed E-state index contributed by atoms with van der Waals surface area (Å²) in [6, 6.07) is 7.80. The van der Waals surface area contributed by atoms with Gasteiger partial charge in [0.2, 0.25) is 0 Å². The molecule has 3 heteroatoms. The van der Waals surface area contributed by atoms with Gasteiger partial charge in [0, 0.05) is 0 Å². The van der Waals surface area contributed by atoms with Gasteiger partial charge in [0.1, 0.15) is 7.85 Å². The molecule has 0 saturated carbocycles. The minimum atomic E-state index is -1.01. The van der Waals surface area contributed by atoms with Crippen molar-refractivity contribution in [3.63, 3.8) is 0 Å². The average molecular weight is 220 g/mol. The van der Waals surface area contributed by atoms with Gasteiger partial charge >= 0.3 is 0 Å². The maximum Gasteiger partial charge on any atom is 0.114 e. The summed E-state index contributed by atoms with van der Waals surface area (Å²) in [7, 11) is 5.52. The van der Waals surface area contributed by atoms with Gasteiger partial charge in [0.05, 0.1) is 11.2 Å². The first-order chi connectivity index (χ1) is 7.05. The Balaban J connectivity index is 0.000000281. The van der Waals surface area contributed by atoms with Crippen molar-refractivity contribution in [1.82, 2.24) is 0 Å². The summed E-state index contributed by atoms with van der Waals surface area (Å²) in [5.41, 5.74) is 0.000000000000000444. The van der Waals surface area contributed by atoms with E-state index in [2.05, 4.69) is 0 Å². The number of rotatable bonds is 1. The van der Waals surface area contributed by atoms with E-state index < -0.39 is 11.2 Å². The van der Waals surface area contributed by atoms with Crippen LogP contribution < -0.4 is 5.46 Å². The van der Waals surface area contributed by atoms with Gasteiger partial charge in [-0.15, -0.1) is 0 Å². The second-order valence-corrected chi connectivity index (χ2v) is 4.97. The summed E-state index contributed by atoms with van der Waals surface area (Å²) in [6.45, 7) is 8.30. The SMILES string of the molecule is CC(C)(O)C(C)(C)O.[B]c1ccccc1C. The van der Waals surface area contributed by atoms with Gasteiger partial charge in [-0.3, -0.25) is 0 Å². The molecule has 0 aromatic heterocycles. The van der Waals surface area contributed by atoms with Crippen molar-refractivity contribution in [2.75, 3.05) is 0 Å². The normalized spacial score (nSPS) is 11.7. The van der Waals surface area contributed by atoms with E-state index in [1.807, 2.05) is 31.2 Å². The molecule has 2 N–H and O–H groups in total. The molecule has 2 radical (unpaired) electrons. The van der Waals surface area contributed by atoms with E-state index in [1.54, 1.807) is 27.7 Å². The van der Waals surface area contributed by atoms with E-state index >= 15 is 0 Å². The summed E-state index contributed by atoms with van der Waals surface area (Å²) in [6.07, 6.45) is 0. The summed E-state index contributed by atoms with van der Waals surface area (Å²) < 4.78 is 0. The number of hydrogen-bond acceptors (Lipinski definition) is 2. The number of hydrogen-bond donors (Lipinski definition) is 2. The quantitative estimate of drug-likeness (QED) is 0.700. The van der Waals surface area contributed by atoms with Gasteiger partial charge in [0.15, 0.2) is 0 Å². The summed E-state index contributed by atoms with van der Waals surface area (Å²) in [5.74, 6) is 0. The fourth-order valence-electron chi connectivity index (χ4n) is 0.587. The third-order valence-corrected chi connectivity index (χ3v) is 2.69. The predicted molar refractivity (Wildman–Crippen MR) is 69.2 cm³/mol. The van der Waals surface area contributed by atoms with Gasteiger partial charge < -0.3 is 10.2 Å². The third-order valence-electron chi connectivity index (χ3n) is 2.69. The first kappa shape index (κ1) is 15.2. The van der Waals surface area contributed by atoms with E-state index in [0.29, 0.717) is 0 Å². The summed E-state index contributed by atoms with van der Waals surface area (Å²) in [4.78, 5) is 0. The fourth-order valence-corrected chi connectivity index (χ4v) is 0.587. The maximum atomic E-state index is 9.10. The van der Waals surface area contributed by atoms with E-state index in [4.69, 9.17) is 18.1 Å². The molecule has 0 aliphatic heterocycles. The number of aryl methyl sites for hydroxylation is 1. The van der Waals surface area contributed by atoms with Crippen LogP contribution in [0.3, 0.4) is 0 Å². The molecule has 16 heavy (non-hydrogen) atoms. The van der Waals surface area contributed by atoms with Crippen molar-refractivity contribution in [2.24, 2.45) is 0 Å². The first-order valence-corrected chi connectivity index (χ1v) is 5.31. The molecule has 0 atom stereocenters. The zero-order chi connectivity index (χ0) is 13.0. The van der Waals surface area contributed by atoms with Gasteiger partial charge in [-0.05, 0) is 34.6 Å². The Labute approximate surface area is 99.7 Å². The average Bonchev–Trinajstić information content (AvgIpc) is 2.08. The Kier molecular flexibility index (Phi) is 5.23. The Morgan fingerprint density at radius 2 is 1.31 bits per heavy atom. The lowest BCUT2D eigenvalue weighted by atomic mass is 9.90. The highest BCUT2D eigenvalue weighted by Gasteiger charge is 2.31. The number of aliphatic hydroxyl groups is 2. The predicted octanol–water partition coefficient (Wildman–Crippen LogP) is 1.32. The summed E-state index contributed by atoms with van der Waals surface area (Å²) in [5, 5.41) is 18.2. The largest absolute Gasteiger partial charge is 0.387 e. The highest BCUT2D eigenvalue weighted by atomic mass is 16.3. The summed E-state index contributed by atoms with van der Waals surface area (Å²) >= 11 is 0. The molecule has 0 unspecified atom stereocenters. The molecule has 1 rings (SSSR count). The molecule has 0 heterocycles. The van der Waals surface area contributed by atoms with E-state index in [0.717, 1.165) is 11.0 Å². The lowest BCUT2D eigenvalue weighted by molar-refractivity contribution is -0.107. The molecule has 0 saturated heterocycles.